The number of alkyl halides is 3. The van der Waals surface area contributed by atoms with Crippen LogP contribution in [-0.2, 0) is 24.0 Å². The molecule has 13 heteroatoms. The number of hydrogen-bond donors (Lipinski definition) is 2. The summed E-state index contributed by atoms with van der Waals surface area (Å²) in [6.45, 7) is 1.67. The average molecular weight is 655 g/mol. The van der Waals surface area contributed by atoms with Crippen LogP contribution >= 0.6 is 0 Å². The van der Waals surface area contributed by atoms with Crippen molar-refractivity contribution >= 4 is 35.3 Å². The molecule has 2 N–H and O–H groups in total. The molecule has 2 heterocycles. The van der Waals surface area contributed by atoms with Gasteiger partial charge in [-0.05, 0) is 68.9 Å². The normalized spacial score (nSPS) is 28.6. The number of ether oxygens (including phenoxy) is 1. The summed E-state index contributed by atoms with van der Waals surface area (Å²) in [7, 11) is 0. The molecule has 4 aliphatic rings. The molecule has 4 amide bonds. The third-order valence-electron chi connectivity index (χ3n) is 10.2. The number of carbonyl (C=O) groups is 5. The van der Waals surface area contributed by atoms with Crippen LogP contribution in [0.4, 0.5) is 18.9 Å². The number of carboxylic acids is 1. The van der Waals surface area contributed by atoms with E-state index in [1.54, 1.807) is 43.3 Å². The molecule has 6 unspecified atom stereocenters. The Morgan fingerprint density at radius 2 is 1.70 bits per heavy atom. The van der Waals surface area contributed by atoms with E-state index in [1.807, 2.05) is 0 Å². The number of likely N-dealkylation sites (tertiary alicyclic amines) is 1. The summed E-state index contributed by atoms with van der Waals surface area (Å²) in [5.74, 6) is -8.39. The van der Waals surface area contributed by atoms with Gasteiger partial charge in [-0.3, -0.25) is 28.9 Å². The van der Waals surface area contributed by atoms with Gasteiger partial charge in [0.15, 0.2) is 0 Å². The highest BCUT2D eigenvalue weighted by Crippen LogP contribution is 2.64. The number of anilines is 1. The van der Waals surface area contributed by atoms with E-state index >= 15 is 0 Å². The van der Waals surface area contributed by atoms with Gasteiger partial charge in [-0.2, -0.15) is 0 Å². The van der Waals surface area contributed by atoms with E-state index in [9.17, 15) is 42.3 Å². The molecule has 10 nitrogen and oxygen atoms in total. The van der Waals surface area contributed by atoms with Crippen molar-refractivity contribution in [2.45, 2.75) is 57.7 Å². The Labute approximate surface area is 267 Å². The van der Waals surface area contributed by atoms with Gasteiger partial charge < -0.3 is 14.9 Å². The number of rotatable bonds is 9. The van der Waals surface area contributed by atoms with Crippen LogP contribution in [0.5, 0.6) is 11.5 Å². The first kappa shape index (κ1) is 32.3. The maximum Gasteiger partial charge on any atom is 0.573 e. The second kappa shape index (κ2) is 11.8. The van der Waals surface area contributed by atoms with Gasteiger partial charge >= 0.3 is 12.3 Å². The summed E-state index contributed by atoms with van der Waals surface area (Å²) in [4.78, 5) is 69.1. The second-order valence-electron chi connectivity index (χ2n) is 12.8. The smallest absolute Gasteiger partial charge is 0.508 e. The summed E-state index contributed by atoms with van der Waals surface area (Å²) in [5, 5.41) is 20.0. The lowest BCUT2D eigenvalue weighted by molar-refractivity contribution is -0.274. The molecule has 6 atom stereocenters. The van der Waals surface area contributed by atoms with Gasteiger partial charge in [0.1, 0.15) is 11.5 Å². The molecule has 3 fully saturated rings. The van der Waals surface area contributed by atoms with E-state index in [2.05, 4.69) is 4.74 Å². The Balaban J connectivity index is 1.42. The Kier molecular flexibility index (Phi) is 8.13. The summed E-state index contributed by atoms with van der Waals surface area (Å²) in [5.41, 5.74) is -0.806. The van der Waals surface area contributed by atoms with Crippen LogP contribution in [0.3, 0.4) is 0 Å². The van der Waals surface area contributed by atoms with Crippen LogP contribution in [0.15, 0.2) is 60.2 Å². The number of carboxylic acid groups (broad SMARTS) is 1. The number of phenolic OH excluding ortho intramolecular Hbond substituents is 1. The molecule has 2 aromatic carbocycles. The van der Waals surface area contributed by atoms with Crippen LogP contribution in [0.1, 0.15) is 56.9 Å². The van der Waals surface area contributed by atoms with E-state index < -0.39 is 76.6 Å². The van der Waals surface area contributed by atoms with Crippen LogP contribution in [0.25, 0.3) is 0 Å². The van der Waals surface area contributed by atoms with Crippen LogP contribution < -0.4 is 9.64 Å². The van der Waals surface area contributed by atoms with E-state index in [0.29, 0.717) is 30.5 Å². The first-order valence-electron chi connectivity index (χ1n) is 15.5. The lowest BCUT2D eigenvalue weighted by Crippen LogP contribution is -2.49. The number of fused-ring (bicyclic) bond motifs is 4. The minimum Gasteiger partial charge on any atom is -0.508 e. The number of hydrogen-bond acceptors (Lipinski definition) is 7. The van der Waals surface area contributed by atoms with Crippen LogP contribution in [0.2, 0.25) is 0 Å². The zero-order valence-electron chi connectivity index (χ0n) is 25.4. The number of allylic oxidation sites excluding steroid dienone is 2. The predicted octanol–water partition coefficient (Wildman–Crippen LogP) is 5.17. The zero-order valence-corrected chi connectivity index (χ0v) is 25.4. The van der Waals surface area contributed by atoms with Gasteiger partial charge in [-0.25, -0.2) is 4.90 Å². The average Bonchev–Trinajstić information content (AvgIpc) is 3.37. The molecule has 0 bridgehead atoms. The zero-order chi connectivity index (χ0) is 33.8. The monoisotopic (exact) mass is 654 g/mol. The number of unbranched alkanes of at least 4 members (excludes halogenated alkanes) is 2. The van der Waals surface area contributed by atoms with E-state index in [1.165, 1.54) is 4.90 Å². The Bertz CT molecular complexity index is 1670. The number of para-hydroxylation sites is 1. The first-order chi connectivity index (χ1) is 22.2. The van der Waals surface area contributed by atoms with Crippen molar-refractivity contribution < 1.29 is 52.1 Å². The van der Waals surface area contributed by atoms with Gasteiger partial charge in [-0.15, -0.1) is 13.2 Å². The molecule has 2 aliphatic heterocycles. The highest BCUT2D eigenvalue weighted by Gasteiger charge is 2.68. The van der Waals surface area contributed by atoms with Crippen molar-refractivity contribution in [3.05, 3.63) is 65.7 Å². The van der Waals surface area contributed by atoms with E-state index in [4.69, 9.17) is 5.11 Å². The van der Waals surface area contributed by atoms with Crippen molar-refractivity contribution in [2.75, 3.05) is 11.4 Å². The van der Waals surface area contributed by atoms with E-state index in [0.717, 1.165) is 23.1 Å². The number of phenols is 1. The SMILES string of the molecule is CC12C(=O)N(c3ccccc3)C(=O)C1CC1C(=CCC3C(=O)N(CCCCCC(=O)O)C(=O)C31)C2c1cc(OC(F)(F)F)ccc1O. The maximum atomic E-state index is 14.4. The van der Waals surface area contributed by atoms with Gasteiger partial charge in [0.2, 0.25) is 23.6 Å². The molecule has 0 spiro atoms. The quantitative estimate of drug-likeness (QED) is 0.215. The van der Waals surface area contributed by atoms with Crippen molar-refractivity contribution in [2.24, 2.45) is 29.1 Å². The van der Waals surface area contributed by atoms with Crippen molar-refractivity contribution in [3.8, 4) is 11.5 Å². The molecule has 248 valence electrons. The molecular formula is C34H33F3N2O8. The number of halogens is 3. The Morgan fingerprint density at radius 1 is 0.979 bits per heavy atom. The summed E-state index contributed by atoms with van der Waals surface area (Å²) in [6.07, 6.45) is -1.87. The maximum absolute atomic E-state index is 14.4. The Morgan fingerprint density at radius 3 is 2.38 bits per heavy atom. The third-order valence-corrected chi connectivity index (χ3v) is 10.2. The number of aliphatic carboxylic acids is 1. The molecule has 0 radical (unpaired) electrons. The van der Waals surface area contributed by atoms with Gasteiger partial charge in [0, 0.05) is 24.4 Å². The Hall–Kier alpha value is -4.68. The molecule has 1 saturated carbocycles. The molecular weight excluding hydrogens is 621 g/mol. The summed E-state index contributed by atoms with van der Waals surface area (Å²) >= 11 is 0. The van der Waals surface area contributed by atoms with Crippen molar-refractivity contribution in [3.63, 3.8) is 0 Å². The fraction of sp³-hybridized carbons (Fsp3) is 0.441. The number of nitrogens with zero attached hydrogens (tertiary/aromatic N) is 2. The van der Waals surface area contributed by atoms with Crippen molar-refractivity contribution in [1.82, 2.24) is 4.90 Å². The molecule has 0 aromatic heterocycles. The number of benzene rings is 2. The highest BCUT2D eigenvalue weighted by molar-refractivity contribution is 6.24. The number of carbonyl (C=O) groups excluding carboxylic acids is 4. The second-order valence-corrected chi connectivity index (χ2v) is 12.8. The first-order valence-corrected chi connectivity index (χ1v) is 15.5. The van der Waals surface area contributed by atoms with Crippen LogP contribution in [-0.4, -0.2) is 57.6 Å². The number of aromatic hydroxyl groups is 1. The highest BCUT2D eigenvalue weighted by atomic mass is 19.4. The predicted molar refractivity (Wildman–Crippen MR) is 159 cm³/mol. The van der Waals surface area contributed by atoms with E-state index in [-0.39, 0.29) is 37.3 Å². The van der Waals surface area contributed by atoms with Gasteiger partial charge in [-0.1, -0.05) is 36.3 Å². The standard InChI is InChI=1S/C34H33F3N2O8/c1-33-24(30(44)39(32(33)46)18-8-4-2-5-9-18)17-22-20(28(33)23-16-19(11-14-25(23)40)47-34(35,36)37)12-13-21-27(22)31(45)38(29(21)43)15-7-3-6-10-26(41)42/h2,4-5,8-9,11-12,14,16,21-22,24,27-28,40H,3,6-7,10,13,15,17H2,1H3,(H,41,42). The van der Waals surface area contributed by atoms with Gasteiger partial charge in [0.05, 0.1) is 28.9 Å². The fourth-order valence-electron chi connectivity index (χ4n) is 8.15. The summed E-state index contributed by atoms with van der Waals surface area (Å²) < 4.78 is 43.9. The molecule has 47 heavy (non-hydrogen) atoms. The third kappa shape index (κ3) is 5.44. The lowest BCUT2D eigenvalue weighted by Gasteiger charge is -2.49. The van der Waals surface area contributed by atoms with Gasteiger partial charge in [0.25, 0.3) is 0 Å². The largest absolute Gasteiger partial charge is 0.573 e. The molecule has 2 saturated heterocycles. The van der Waals surface area contributed by atoms with Crippen molar-refractivity contribution in [1.29, 1.82) is 0 Å². The lowest BCUT2D eigenvalue weighted by atomic mass is 9.51. The summed E-state index contributed by atoms with van der Waals surface area (Å²) in [6, 6.07) is 11.2. The topological polar surface area (TPSA) is 142 Å². The molecule has 2 aromatic rings. The molecule has 6 rings (SSSR count). The fourth-order valence-corrected chi connectivity index (χ4v) is 8.15. The molecule has 2 aliphatic carbocycles. The minimum absolute atomic E-state index is 0.0289. The number of imide groups is 2. The van der Waals surface area contributed by atoms with Crippen LogP contribution in [0, 0.1) is 29.1 Å². The number of amides is 4. The minimum atomic E-state index is -5.04.